The summed E-state index contributed by atoms with van der Waals surface area (Å²) >= 11 is 0. The summed E-state index contributed by atoms with van der Waals surface area (Å²) in [5.74, 6) is 0.998. The quantitative estimate of drug-likeness (QED) is 0.754. The molecule has 1 heterocycles. The summed E-state index contributed by atoms with van der Waals surface area (Å²) in [6, 6.07) is 8.85. The maximum Gasteiger partial charge on any atom is 0.122 e. The Morgan fingerprint density at radius 3 is 2.95 bits per heavy atom. The summed E-state index contributed by atoms with van der Waals surface area (Å²) in [4.78, 5) is 0. The molecule has 0 radical (unpaired) electrons. The zero-order valence-electron chi connectivity index (χ0n) is 13.4. The molecule has 0 aliphatic carbocycles. The van der Waals surface area contributed by atoms with Crippen LogP contribution in [-0.2, 0) is 11.2 Å². The maximum atomic E-state index is 5.75. The van der Waals surface area contributed by atoms with Crippen LogP contribution in [-0.4, -0.2) is 32.4 Å². The van der Waals surface area contributed by atoms with Crippen LogP contribution in [0, 0.1) is 0 Å². The summed E-state index contributed by atoms with van der Waals surface area (Å²) in [5, 5.41) is 3.68. The van der Waals surface area contributed by atoms with Gasteiger partial charge in [0, 0.05) is 12.6 Å². The Kier molecular flexibility index (Phi) is 7.04. The van der Waals surface area contributed by atoms with E-state index in [2.05, 4.69) is 24.4 Å². The Hall–Kier alpha value is -1.06. The first-order valence-electron chi connectivity index (χ1n) is 8.30. The summed E-state index contributed by atoms with van der Waals surface area (Å²) in [6.45, 7) is 4.24. The third-order valence-electron chi connectivity index (χ3n) is 4.20. The Balaban J connectivity index is 1.90. The molecule has 3 heteroatoms. The number of hydrogen-bond donors (Lipinski definition) is 1. The SMILES string of the molecule is CCCNC(CCC1CCCO1)Cc1ccccc1OC. The fourth-order valence-electron chi connectivity index (χ4n) is 3.02. The third kappa shape index (κ3) is 5.33. The fourth-order valence-corrected chi connectivity index (χ4v) is 3.02. The highest BCUT2D eigenvalue weighted by atomic mass is 16.5. The molecule has 2 atom stereocenters. The molecule has 1 N–H and O–H groups in total. The number of benzene rings is 1. The van der Waals surface area contributed by atoms with Crippen LogP contribution in [0.2, 0.25) is 0 Å². The minimum absolute atomic E-state index is 0.480. The van der Waals surface area contributed by atoms with Gasteiger partial charge in [-0.15, -0.1) is 0 Å². The molecule has 3 nitrogen and oxygen atoms in total. The van der Waals surface area contributed by atoms with Crippen LogP contribution in [0.15, 0.2) is 24.3 Å². The first kappa shape index (κ1) is 16.3. The molecule has 0 amide bonds. The summed E-state index contributed by atoms with van der Waals surface area (Å²) in [7, 11) is 1.75. The highest BCUT2D eigenvalue weighted by molar-refractivity contribution is 5.33. The second kappa shape index (κ2) is 9.06. The molecule has 1 aliphatic heterocycles. The normalized spacial score (nSPS) is 19.6. The number of rotatable bonds is 9. The van der Waals surface area contributed by atoms with Crippen molar-refractivity contribution in [3.8, 4) is 5.75 Å². The van der Waals surface area contributed by atoms with Crippen LogP contribution in [0.5, 0.6) is 5.75 Å². The number of ether oxygens (including phenoxy) is 2. The van der Waals surface area contributed by atoms with Gasteiger partial charge >= 0.3 is 0 Å². The molecule has 21 heavy (non-hydrogen) atoms. The summed E-state index contributed by atoms with van der Waals surface area (Å²) in [5.41, 5.74) is 1.29. The predicted molar refractivity (Wildman–Crippen MR) is 87.0 cm³/mol. The van der Waals surface area contributed by atoms with Crippen molar-refractivity contribution in [3.63, 3.8) is 0 Å². The van der Waals surface area contributed by atoms with Crippen LogP contribution in [0.3, 0.4) is 0 Å². The van der Waals surface area contributed by atoms with Crippen molar-refractivity contribution in [3.05, 3.63) is 29.8 Å². The van der Waals surface area contributed by atoms with E-state index in [1.54, 1.807) is 7.11 Å². The molecule has 1 aromatic rings. The van der Waals surface area contributed by atoms with Crippen LogP contribution < -0.4 is 10.1 Å². The average Bonchev–Trinajstić information content (AvgIpc) is 3.04. The molecule has 0 saturated carbocycles. The van der Waals surface area contributed by atoms with Gasteiger partial charge in [0.05, 0.1) is 13.2 Å². The minimum atomic E-state index is 0.480. The van der Waals surface area contributed by atoms with E-state index in [1.807, 2.05) is 12.1 Å². The van der Waals surface area contributed by atoms with Gasteiger partial charge in [-0.3, -0.25) is 0 Å². The number of para-hydroxylation sites is 1. The van der Waals surface area contributed by atoms with Gasteiger partial charge in [-0.05, 0) is 56.7 Å². The Morgan fingerprint density at radius 1 is 1.38 bits per heavy atom. The molecule has 1 fully saturated rings. The van der Waals surface area contributed by atoms with Crippen molar-refractivity contribution in [2.75, 3.05) is 20.3 Å². The number of methoxy groups -OCH3 is 1. The van der Waals surface area contributed by atoms with Gasteiger partial charge in [0.1, 0.15) is 5.75 Å². The van der Waals surface area contributed by atoms with Crippen LogP contribution in [0.1, 0.15) is 44.6 Å². The first-order chi connectivity index (χ1) is 10.3. The van der Waals surface area contributed by atoms with Crippen molar-refractivity contribution >= 4 is 0 Å². The molecule has 0 bridgehead atoms. The lowest BCUT2D eigenvalue weighted by molar-refractivity contribution is 0.0995. The van der Waals surface area contributed by atoms with Crippen molar-refractivity contribution in [2.24, 2.45) is 0 Å². The predicted octanol–water partition coefficient (Wildman–Crippen LogP) is 3.57. The van der Waals surface area contributed by atoms with E-state index in [4.69, 9.17) is 9.47 Å². The van der Waals surface area contributed by atoms with Gasteiger partial charge in [-0.1, -0.05) is 25.1 Å². The zero-order valence-corrected chi connectivity index (χ0v) is 13.4. The molecule has 118 valence electrons. The van der Waals surface area contributed by atoms with E-state index in [1.165, 1.54) is 31.2 Å². The molecular formula is C18H29NO2. The fraction of sp³-hybridized carbons (Fsp3) is 0.667. The zero-order chi connectivity index (χ0) is 14.9. The molecular weight excluding hydrogens is 262 g/mol. The van der Waals surface area contributed by atoms with Crippen LogP contribution in [0.25, 0.3) is 0 Å². The molecule has 0 spiro atoms. The van der Waals surface area contributed by atoms with E-state index in [-0.39, 0.29) is 0 Å². The van der Waals surface area contributed by atoms with E-state index in [9.17, 15) is 0 Å². The second-order valence-electron chi connectivity index (χ2n) is 5.88. The van der Waals surface area contributed by atoms with Gasteiger partial charge in [-0.25, -0.2) is 0 Å². The molecule has 1 saturated heterocycles. The van der Waals surface area contributed by atoms with E-state index in [0.717, 1.165) is 31.7 Å². The molecule has 1 aromatic carbocycles. The van der Waals surface area contributed by atoms with Crippen molar-refractivity contribution in [1.82, 2.24) is 5.32 Å². The Bertz CT molecular complexity index is 402. The molecule has 2 rings (SSSR count). The molecule has 2 unspecified atom stereocenters. The Morgan fingerprint density at radius 2 is 2.24 bits per heavy atom. The average molecular weight is 291 g/mol. The largest absolute Gasteiger partial charge is 0.496 e. The molecule has 1 aliphatic rings. The number of nitrogens with one attached hydrogen (secondary N) is 1. The topological polar surface area (TPSA) is 30.5 Å². The van der Waals surface area contributed by atoms with Crippen molar-refractivity contribution in [1.29, 1.82) is 0 Å². The summed E-state index contributed by atoms with van der Waals surface area (Å²) < 4.78 is 11.2. The lowest BCUT2D eigenvalue weighted by Crippen LogP contribution is -2.32. The highest BCUT2D eigenvalue weighted by Gasteiger charge is 2.18. The highest BCUT2D eigenvalue weighted by Crippen LogP contribution is 2.22. The Labute approximate surface area is 129 Å². The molecule has 0 aromatic heterocycles. The van der Waals surface area contributed by atoms with Gasteiger partial charge < -0.3 is 14.8 Å². The van der Waals surface area contributed by atoms with Crippen molar-refractivity contribution in [2.45, 2.75) is 57.6 Å². The van der Waals surface area contributed by atoms with E-state index >= 15 is 0 Å². The number of hydrogen-bond acceptors (Lipinski definition) is 3. The van der Waals surface area contributed by atoms with Crippen LogP contribution in [0.4, 0.5) is 0 Å². The monoisotopic (exact) mass is 291 g/mol. The first-order valence-corrected chi connectivity index (χ1v) is 8.30. The standard InChI is InChI=1S/C18H29NO2/c1-3-12-19-16(10-11-17-8-6-13-21-17)14-15-7-4-5-9-18(15)20-2/h4-5,7,9,16-17,19H,3,6,8,10-14H2,1-2H3. The van der Waals surface area contributed by atoms with E-state index < -0.39 is 0 Å². The van der Waals surface area contributed by atoms with Crippen LogP contribution >= 0.6 is 0 Å². The van der Waals surface area contributed by atoms with Crippen molar-refractivity contribution < 1.29 is 9.47 Å². The lowest BCUT2D eigenvalue weighted by Gasteiger charge is -2.21. The maximum absolute atomic E-state index is 5.75. The second-order valence-corrected chi connectivity index (χ2v) is 5.88. The lowest BCUT2D eigenvalue weighted by atomic mass is 9.98. The smallest absolute Gasteiger partial charge is 0.122 e. The minimum Gasteiger partial charge on any atom is -0.496 e. The summed E-state index contributed by atoms with van der Waals surface area (Å²) in [6.07, 6.45) is 7.46. The van der Waals surface area contributed by atoms with Gasteiger partial charge in [0.25, 0.3) is 0 Å². The van der Waals surface area contributed by atoms with Gasteiger partial charge in [0.2, 0.25) is 0 Å². The van der Waals surface area contributed by atoms with Gasteiger partial charge in [-0.2, -0.15) is 0 Å². The third-order valence-corrected chi connectivity index (χ3v) is 4.20. The van der Waals surface area contributed by atoms with Gasteiger partial charge in [0.15, 0.2) is 0 Å². The van der Waals surface area contributed by atoms with E-state index in [0.29, 0.717) is 12.1 Å².